The Labute approximate surface area is 111 Å². The summed E-state index contributed by atoms with van der Waals surface area (Å²) in [5, 5.41) is 3.36. The van der Waals surface area contributed by atoms with Gasteiger partial charge in [-0.15, -0.1) is 0 Å². The summed E-state index contributed by atoms with van der Waals surface area (Å²) in [5.41, 5.74) is 0.925. The molecule has 18 heavy (non-hydrogen) atoms. The molecule has 0 bridgehead atoms. The van der Waals surface area contributed by atoms with Gasteiger partial charge >= 0.3 is 0 Å². The van der Waals surface area contributed by atoms with E-state index in [0.29, 0.717) is 5.82 Å². The van der Waals surface area contributed by atoms with Crippen LogP contribution >= 0.6 is 11.6 Å². The molecule has 0 amide bonds. The van der Waals surface area contributed by atoms with Crippen molar-refractivity contribution in [3.63, 3.8) is 0 Å². The Bertz CT molecular complexity index is 502. The molecule has 2 aromatic rings. The Morgan fingerprint density at radius 3 is 2.67 bits per heavy atom. The van der Waals surface area contributed by atoms with Gasteiger partial charge < -0.3 is 10.1 Å². The first-order valence-corrected chi connectivity index (χ1v) is 6.14. The largest absolute Gasteiger partial charge is 0.494 e. The topological polar surface area (TPSA) is 47.0 Å². The van der Waals surface area contributed by atoms with Crippen molar-refractivity contribution in [3.05, 3.63) is 41.8 Å². The maximum Gasteiger partial charge on any atom is 0.224 e. The lowest BCUT2D eigenvalue weighted by molar-refractivity contribution is 0.317. The number of hydrogen-bond acceptors (Lipinski definition) is 4. The first kappa shape index (κ1) is 12.6. The van der Waals surface area contributed by atoms with E-state index in [9.17, 15) is 0 Å². The Morgan fingerprint density at radius 2 is 2.00 bits per heavy atom. The number of nitrogens with zero attached hydrogens (tertiary/aromatic N) is 2. The van der Waals surface area contributed by atoms with E-state index in [4.69, 9.17) is 16.3 Å². The third-order valence-corrected chi connectivity index (χ3v) is 2.41. The maximum absolute atomic E-state index is 5.71. The Morgan fingerprint density at radius 1 is 1.22 bits per heavy atom. The number of aromatic nitrogens is 2. The van der Waals surface area contributed by atoms with E-state index in [1.54, 1.807) is 12.3 Å². The van der Waals surface area contributed by atoms with Crippen molar-refractivity contribution >= 4 is 23.1 Å². The molecular weight excluding hydrogens is 250 g/mol. The van der Waals surface area contributed by atoms with Crippen molar-refractivity contribution in [2.45, 2.75) is 13.3 Å². The number of halogens is 1. The molecule has 1 N–H and O–H groups in total. The molecule has 0 saturated heterocycles. The van der Waals surface area contributed by atoms with Crippen LogP contribution in [0.2, 0.25) is 5.28 Å². The molecule has 4 nitrogen and oxygen atoms in total. The van der Waals surface area contributed by atoms with Crippen molar-refractivity contribution in [1.82, 2.24) is 9.97 Å². The second-order valence-electron chi connectivity index (χ2n) is 3.71. The molecule has 0 unspecified atom stereocenters. The summed E-state index contributed by atoms with van der Waals surface area (Å²) >= 11 is 5.71. The quantitative estimate of drug-likeness (QED) is 0.837. The van der Waals surface area contributed by atoms with Crippen LogP contribution < -0.4 is 10.1 Å². The summed E-state index contributed by atoms with van der Waals surface area (Å²) in [7, 11) is 0. The number of nitrogens with one attached hydrogen (secondary N) is 1. The molecule has 0 saturated carbocycles. The van der Waals surface area contributed by atoms with Crippen LogP contribution in [-0.4, -0.2) is 16.6 Å². The molecule has 0 fully saturated rings. The maximum atomic E-state index is 5.71. The number of rotatable bonds is 5. The second kappa shape index (κ2) is 6.21. The highest BCUT2D eigenvalue weighted by Gasteiger charge is 1.98. The van der Waals surface area contributed by atoms with E-state index in [2.05, 4.69) is 22.2 Å². The van der Waals surface area contributed by atoms with Gasteiger partial charge in [-0.3, -0.25) is 0 Å². The number of hydrogen-bond donors (Lipinski definition) is 1. The number of ether oxygens (including phenoxy) is 1. The molecule has 1 heterocycles. The Hall–Kier alpha value is -1.81. The summed E-state index contributed by atoms with van der Waals surface area (Å²) < 4.78 is 5.50. The van der Waals surface area contributed by atoms with E-state index in [0.717, 1.165) is 24.5 Å². The van der Waals surface area contributed by atoms with Gasteiger partial charge in [-0.05, 0) is 48.4 Å². The summed E-state index contributed by atoms with van der Waals surface area (Å²) in [6.45, 7) is 2.81. The second-order valence-corrected chi connectivity index (χ2v) is 4.05. The van der Waals surface area contributed by atoms with Gasteiger partial charge in [0.1, 0.15) is 11.6 Å². The Kier molecular flexibility index (Phi) is 4.36. The smallest absolute Gasteiger partial charge is 0.224 e. The fraction of sp³-hybridized carbons (Fsp3) is 0.231. The lowest BCUT2D eigenvalue weighted by Gasteiger charge is -2.07. The van der Waals surface area contributed by atoms with Gasteiger partial charge in [0.05, 0.1) is 6.61 Å². The van der Waals surface area contributed by atoms with Crippen LogP contribution in [0.4, 0.5) is 11.5 Å². The first-order valence-electron chi connectivity index (χ1n) is 5.76. The summed E-state index contributed by atoms with van der Waals surface area (Å²) in [4.78, 5) is 7.88. The molecule has 94 valence electrons. The molecule has 0 aliphatic carbocycles. The van der Waals surface area contributed by atoms with Crippen LogP contribution in [0.5, 0.6) is 5.75 Å². The first-order chi connectivity index (χ1) is 8.78. The van der Waals surface area contributed by atoms with E-state index in [-0.39, 0.29) is 5.28 Å². The summed E-state index contributed by atoms with van der Waals surface area (Å²) in [6, 6.07) is 9.46. The average molecular weight is 264 g/mol. The summed E-state index contributed by atoms with van der Waals surface area (Å²) in [5.74, 6) is 1.53. The monoisotopic (exact) mass is 263 g/mol. The zero-order chi connectivity index (χ0) is 12.8. The number of anilines is 2. The van der Waals surface area contributed by atoms with Crippen LogP contribution in [0.15, 0.2) is 36.5 Å². The van der Waals surface area contributed by atoms with Gasteiger partial charge in [0.25, 0.3) is 0 Å². The van der Waals surface area contributed by atoms with Gasteiger partial charge in [0, 0.05) is 11.9 Å². The molecule has 1 aromatic carbocycles. The van der Waals surface area contributed by atoms with Gasteiger partial charge in [-0.25, -0.2) is 9.97 Å². The van der Waals surface area contributed by atoms with E-state index in [1.807, 2.05) is 24.3 Å². The zero-order valence-corrected chi connectivity index (χ0v) is 10.8. The minimum Gasteiger partial charge on any atom is -0.494 e. The summed E-state index contributed by atoms with van der Waals surface area (Å²) in [6.07, 6.45) is 2.61. The highest BCUT2D eigenvalue weighted by atomic mass is 35.5. The Balaban J connectivity index is 2.02. The molecule has 1 aromatic heterocycles. The molecule has 0 radical (unpaired) electrons. The average Bonchev–Trinajstić information content (AvgIpc) is 2.38. The fourth-order valence-corrected chi connectivity index (χ4v) is 1.55. The van der Waals surface area contributed by atoms with Crippen molar-refractivity contribution in [2.75, 3.05) is 11.9 Å². The minimum atomic E-state index is 0.225. The number of benzene rings is 1. The molecule has 0 spiro atoms. The third kappa shape index (κ3) is 3.60. The van der Waals surface area contributed by atoms with Crippen LogP contribution in [-0.2, 0) is 0 Å². The van der Waals surface area contributed by atoms with Crippen LogP contribution in [0.25, 0.3) is 0 Å². The predicted octanol–water partition coefficient (Wildman–Crippen LogP) is 3.66. The van der Waals surface area contributed by atoms with Gasteiger partial charge in [-0.2, -0.15) is 0 Å². The van der Waals surface area contributed by atoms with Gasteiger partial charge in [-0.1, -0.05) is 6.92 Å². The fourth-order valence-electron chi connectivity index (χ4n) is 1.41. The van der Waals surface area contributed by atoms with Gasteiger partial charge in [0.2, 0.25) is 5.28 Å². The lowest BCUT2D eigenvalue weighted by atomic mass is 10.3. The van der Waals surface area contributed by atoms with Crippen LogP contribution in [0, 0.1) is 0 Å². The van der Waals surface area contributed by atoms with Crippen LogP contribution in [0.3, 0.4) is 0 Å². The van der Waals surface area contributed by atoms with E-state index < -0.39 is 0 Å². The molecular formula is C13H14ClN3O. The normalized spacial score (nSPS) is 10.1. The lowest BCUT2D eigenvalue weighted by Crippen LogP contribution is -1.96. The van der Waals surface area contributed by atoms with Gasteiger partial charge in [0.15, 0.2) is 0 Å². The van der Waals surface area contributed by atoms with Crippen molar-refractivity contribution in [2.24, 2.45) is 0 Å². The zero-order valence-electron chi connectivity index (χ0n) is 10.1. The third-order valence-electron chi connectivity index (χ3n) is 2.23. The highest BCUT2D eigenvalue weighted by Crippen LogP contribution is 2.19. The van der Waals surface area contributed by atoms with Crippen molar-refractivity contribution < 1.29 is 4.74 Å². The van der Waals surface area contributed by atoms with Crippen molar-refractivity contribution in [3.8, 4) is 5.75 Å². The SMILES string of the molecule is CCCOc1ccc(Nc2ccnc(Cl)n2)cc1. The standard InChI is InChI=1S/C13H14ClN3O/c1-2-9-18-11-5-3-10(4-6-11)16-12-7-8-15-13(14)17-12/h3-8H,2,9H2,1H3,(H,15,16,17). The van der Waals surface area contributed by atoms with Crippen molar-refractivity contribution in [1.29, 1.82) is 0 Å². The van der Waals surface area contributed by atoms with Crippen LogP contribution in [0.1, 0.15) is 13.3 Å². The molecule has 2 rings (SSSR count). The predicted molar refractivity (Wildman–Crippen MR) is 72.6 cm³/mol. The van der Waals surface area contributed by atoms with E-state index >= 15 is 0 Å². The van der Waals surface area contributed by atoms with E-state index in [1.165, 1.54) is 0 Å². The molecule has 0 aliphatic heterocycles. The highest BCUT2D eigenvalue weighted by molar-refractivity contribution is 6.28. The minimum absolute atomic E-state index is 0.225. The molecule has 5 heteroatoms. The molecule has 0 atom stereocenters. The molecule has 0 aliphatic rings.